The van der Waals surface area contributed by atoms with Gasteiger partial charge < -0.3 is 5.32 Å². The van der Waals surface area contributed by atoms with Gasteiger partial charge in [0.25, 0.3) is 10.0 Å². The Morgan fingerprint density at radius 1 is 1.55 bits per heavy atom. The maximum absolute atomic E-state index is 12.5. The van der Waals surface area contributed by atoms with Gasteiger partial charge in [0.2, 0.25) is 0 Å². The molecule has 0 aliphatic rings. The summed E-state index contributed by atoms with van der Waals surface area (Å²) in [7, 11) is -0.252. The van der Waals surface area contributed by atoms with Crippen molar-refractivity contribution in [3.8, 4) is 0 Å². The van der Waals surface area contributed by atoms with Crippen molar-refractivity contribution in [2.75, 3.05) is 14.1 Å². The summed E-state index contributed by atoms with van der Waals surface area (Å²) in [6.45, 7) is 0.769. The molecule has 0 spiro atoms. The number of aromatic nitrogens is 2. The van der Waals surface area contributed by atoms with Gasteiger partial charge in [0.05, 0.1) is 9.98 Å². The summed E-state index contributed by atoms with van der Waals surface area (Å²) >= 11 is 4.90. The van der Waals surface area contributed by atoms with Gasteiger partial charge in [-0.25, -0.2) is 8.42 Å². The summed E-state index contributed by atoms with van der Waals surface area (Å²) in [6.07, 6.45) is 1.53. The van der Waals surface area contributed by atoms with Crippen LogP contribution >= 0.6 is 27.3 Å². The van der Waals surface area contributed by atoms with Crippen LogP contribution in [-0.2, 0) is 23.1 Å². The zero-order chi connectivity index (χ0) is 14.8. The van der Waals surface area contributed by atoms with E-state index in [0.29, 0.717) is 18.7 Å². The van der Waals surface area contributed by atoms with E-state index < -0.39 is 10.0 Å². The topological polar surface area (TPSA) is 78.1 Å². The highest BCUT2D eigenvalue weighted by molar-refractivity contribution is 9.11. The molecule has 6 nitrogen and oxygen atoms in total. The molecule has 2 rings (SSSR count). The molecule has 0 unspecified atom stereocenters. The Kier molecular flexibility index (Phi) is 4.97. The molecule has 110 valence electrons. The fraction of sp³-hybridized carbons (Fsp3) is 0.364. The third kappa shape index (κ3) is 3.29. The first-order valence-corrected chi connectivity index (χ1v) is 8.92. The number of hydrogen-bond acceptors (Lipinski definition) is 5. The van der Waals surface area contributed by atoms with Gasteiger partial charge >= 0.3 is 0 Å². The second-order valence-electron chi connectivity index (χ2n) is 4.27. The van der Waals surface area contributed by atoms with Gasteiger partial charge in [-0.2, -0.15) is 9.40 Å². The van der Waals surface area contributed by atoms with Crippen molar-refractivity contribution in [2.45, 2.75) is 18.1 Å². The molecule has 0 aliphatic carbocycles. The molecule has 0 fully saturated rings. The Balaban J connectivity index is 2.22. The van der Waals surface area contributed by atoms with Crippen molar-refractivity contribution in [1.29, 1.82) is 0 Å². The van der Waals surface area contributed by atoms with E-state index in [1.807, 2.05) is 11.4 Å². The Labute approximate surface area is 130 Å². The van der Waals surface area contributed by atoms with Crippen molar-refractivity contribution in [3.63, 3.8) is 0 Å². The fourth-order valence-corrected chi connectivity index (χ4v) is 4.22. The van der Waals surface area contributed by atoms with Crippen LogP contribution < -0.4 is 5.32 Å². The average molecular weight is 379 g/mol. The average Bonchev–Trinajstić information content (AvgIpc) is 2.99. The van der Waals surface area contributed by atoms with Crippen LogP contribution in [0.1, 0.15) is 11.1 Å². The zero-order valence-corrected chi connectivity index (χ0v) is 14.3. The minimum Gasteiger partial charge on any atom is -0.316 e. The third-order valence-electron chi connectivity index (χ3n) is 2.74. The summed E-state index contributed by atoms with van der Waals surface area (Å²) in [4.78, 5) is 0. The van der Waals surface area contributed by atoms with Crippen LogP contribution in [0.25, 0.3) is 0 Å². The lowest BCUT2D eigenvalue weighted by molar-refractivity contribution is 0.463. The molecule has 2 aromatic heterocycles. The SMILES string of the molecule is CNCc1cn[nH]c1S(=O)(=O)N(C)Cc1csc(Br)c1. The molecule has 2 N–H and O–H groups in total. The first kappa shape index (κ1) is 15.6. The molecule has 2 aromatic rings. The van der Waals surface area contributed by atoms with Crippen LogP contribution in [0, 0.1) is 0 Å². The number of H-pyrrole nitrogens is 1. The van der Waals surface area contributed by atoms with E-state index in [0.717, 1.165) is 9.35 Å². The number of hydrogen-bond donors (Lipinski definition) is 2. The summed E-state index contributed by atoms with van der Waals surface area (Å²) < 4.78 is 27.3. The largest absolute Gasteiger partial charge is 0.316 e. The zero-order valence-electron chi connectivity index (χ0n) is 11.1. The molecule has 0 aliphatic heterocycles. The van der Waals surface area contributed by atoms with E-state index in [2.05, 4.69) is 31.4 Å². The normalized spacial score (nSPS) is 12.2. The lowest BCUT2D eigenvalue weighted by atomic mass is 10.3. The maximum atomic E-state index is 12.5. The molecule has 0 saturated carbocycles. The minimum atomic E-state index is -3.57. The molecular formula is C11H15BrN4O2S2. The molecule has 2 heterocycles. The smallest absolute Gasteiger partial charge is 0.260 e. The van der Waals surface area contributed by atoms with Crippen molar-refractivity contribution in [2.24, 2.45) is 0 Å². The van der Waals surface area contributed by atoms with Crippen LogP contribution in [0.4, 0.5) is 0 Å². The fourth-order valence-electron chi connectivity index (χ4n) is 1.77. The van der Waals surface area contributed by atoms with Gasteiger partial charge in [0.15, 0.2) is 5.03 Å². The van der Waals surface area contributed by atoms with E-state index in [1.54, 1.807) is 14.1 Å². The van der Waals surface area contributed by atoms with Gasteiger partial charge in [-0.05, 0) is 40.0 Å². The predicted octanol–water partition coefficient (Wildman–Crippen LogP) is 1.77. The second-order valence-corrected chi connectivity index (χ2v) is 8.55. The lowest BCUT2D eigenvalue weighted by Crippen LogP contribution is -2.28. The highest BCUT2D eigenvalue weighted by atomic mass is 79.9. The van der Waals surface area contributed by atoms with E-state index in [1.165, 1.54) is 21.8 Å². The van der Waals surface area contributed by atoms with Gasteiger partial charge in [-0.3, -0.25) is 5.10 Å². The molecule has 0 radical (unpaired) electrons. The first-order valence-electron chi connectivity index (χ1n) is 5.81. The van der Waals surface area contributed by atoms with Crippen molar-refractivity contribution in [3.05, 3.63) is 32.6 Å². The number of halogens is 1. The van der Waals surface area contributed by atoms with Crippen molar-refractivity contribution >= 4 is 37.3 Å². The van der Waals surface area contributed by atoms with Crippen LogP contribution in [-0.4, -0.2) is 37.0 Å². The van der Waals surface area contributed by atoms with Crippen LogP contribution in [0.2, 0.25) is 0 Å². The maximum Gasteiger partial charge on any atom is 0.260 e. The van der Waals surface area contributed by atoms with E-state index in [-0.39, 0.29) is 5.03 Å². The molecule has 20 heavy (non-hydrogen) atoms. The number of nitrogens with zero attached hydrogens (tertiary/aromatic N) is 2. The molecule has 0 atom stereocenters. The summed E-state index contributed by atoms with van der Waals surface area (Å²) in [5.41, 5.74) is 1.58. The number of rotatable bonds is 6. The Morgan fingerprint density at radius 3 is 2.90 bits per heavy atom. The van der Waals surface area contributed by atoms with Crippen LogP contribution in [0.3, 0.4) is 0 Å². The Morgan fingerprint density at radius 2 is 2.30 bits per heavy atom. The van der Waals surface area contributed by atoms with Crippen LogP contribution in [0.15, 0.2) is 26.5 Å². The third-order valence-corrected chi connectivity index (χ3v) is 6.11. The van der Waals surface area contributed by atoms with E-state index in [9.17, 15) is 8.42 Å². The van der Waals surface area contributed by atoms with Crippen molar-refractivity contribution < 1.29 is 8.42 Å². The minimum absolute atomic E-state index is 0.142. The Bertz CT molecular complexity index is 680. The summed E-state index contributed by atoms with van der Waals surface area (Å²) in [6, 6.07) is 1.91. The van der Waals surface area contributed by atoms with Crippen molar-refractivity contribution in [1.82, 2.24) is 19.8 Å². The first-order chi connectivity index (χ1) is 9.45. The second kappa shape index (κ2) is 6.35. The van der Waals surface area contributed by atoms with E-state index >= 15 is 0 Å². The van der Waals surface area contributed by atoms with Crippen LogP contribution in [0.5, 0.6) is 0 Å². The molecule has 0 aromatic carbocycles. The highest BCUT2D eigenvalue weighted by Crippen LogP contribution is 2.24. The van der Waals surface area contributed by atoms with Gasteiger partial charge in [-0.15, -0.1) is 11.3 Å². The molecule has 0 saturated heterocycles. The molecule has 0 amide bonds. The predicted molar refractivity (Wildman–Crippen MR) is 82.0 cm³/mol. The monoisotopic (exact) mass is 378 g/mol. The summed E-state index contributed by atoms with van der Waals surface area (Å²) in [5, 5.41) is 11.4. The molecular weight excluding hydrogens is 364 g/mol. The van der Waals surface area contributed by atoms with Gasteiger partial charge in [0.1, 0.15) is 0 Å². The number of sulfonamides is 1. The summed E-state index contributed by atoms with van der Waals surface area (Å²) in [5.74, 6) is 0. The highest BCUT2D eigenvalue weighted by Gasteiger charge is 2.25. The van der Waals surface area contributed by atoms with E-state index in [4.69, 9.17) is 0 Å². The lowest BCUT2D eigenvalue weighted by Gasteiger charge is -2.16. The number of aromatic amines is 1. The Hall–Kier alpha value is -0.740. The van der Waals surface area contributed by atoms with Gasteiger partial charge in [0, 0.05) is 25.7 Å². The molecule has 9 heteroatoms. The quantitative estimate of drug-likeness (QED) is 0.802. The molecule has 0 bridgehead atoms. The number of nitrogens with one attached hydrogen (secondary N) is 2. The van der Waals surface area contributed by atoms with Gasteiger partial charge in [-0.1, -0.05) is 0 Å². The standard InChI is InChI=1S/C11H15BrN4O2S2/c1-13-4-9-5-14-15-11(9)20(17,18)16(2)6-8-3-10(12)19-7-8/h3,5,7,13H,4,6H2,1-2H3,(H,14,15). The number of thiophene rings is 1.